The highest BCUT2D eigenvalue weighted by atomic mass is 35.5. The number of carbonyl (C=O) groups excluding carboxylic acids is 1. The van der Waals surface area contributed by atoms with Gasteiger partial charge in [-0.3, -0.25) is 0 Å². The normalized spacial score (nSPS) is 14.1. The average Bonchev–Trinajstić information content (AvgIpc) is 2.94. The summed E-state index contributed by atoms with van der Waals surface area (Å²) in [4.78, 5) is 12.9. The van der Waals surface area contributed by atoms with E-state index in [0.29, 0.717) is 36.0 Å². The van der Waals surface area contributed by atoms with Crippen molar-refractivity contribution in [1.29, 1.82) is 5.26 Å². The highest BCUT2D eigenvalue weighted by Crippen LogP contribution is 2.44. The van der Waals surface area contributed by atoms with Crippen LogP contribution >= 0.6 is 23.2 Å². The van der Waals surface area contributed by atoms with Crippen molar-refractivity contribution in [2.75, 3.05) is 13.2 Å². The lowest BCUT2D eigenvalue weighted by molar-refractivity contribution is 0.0734. The van der Waals surface area contributed by atoms with Gasteiger partial charge in [0.2, 0.25) is 5.88 Å². The molecule has 3 aromatic rings. The highest BCUT2D eigenvalue weighted by Gasteiger charge is 2.31. The maximum atomic E-state index is 12.9. The van der Waals surface area contributed by atoms with Crippen molar-refractivity contribution in [1.82, 2.24) is 0 Å². The zero-order valence-electron chi connectivity index (χ0n) is 22.3. The van der Waals surface area contributed by atoms with Crippen molar-refractivity contribution < 1.29 is 23.7 Å². The molecule has 0 aliphatic carbocycles. The molecule has 7 nitrogen and oxygen atoms in total. The number of carbonyl (C=O) groups is 1. The fourth-order valence-electron chi connectivity index (χ4n) is 4.35. The van der Waals surface area contributed by atoms with E-state index >= 15 is 0 Å². The second-order valence-corrected chi connectivity index (χ2v) is 10.1. The van der Waals surface area contributed by atoms with Gasteiger partial charge in [0.15, 0.2) is 5.75 Å². The number of halogens is 2. The summed E-state index contributed by atoms with van der Waals surface area (Å²) in [6.45, 7) is 5.16. The molecule has 1 unspecified atom stereocenters. The van der Waals surface area contributed by atoms with Crippen LogP contribution in [0.1, 0.15) is 66.9 Å². The first-order valence-corrected chi connectivity index (χ1v) is 13.9. The predicted molar refractivity (Wildman–Crippen MR) is 154 cm³/mol. The van der Waals surface area contributed by atoms with Crippen LogP contribution in [0.25, 0.3) is 0 Å². The van der Waals surface area contributed by atoms with Crippen LogP contribution in [0.5, 0.6) is 23.0 Å². The molecule has 0 spiro atoms. The molecule has 40 heavy (non-hydrogen) atoms. The Kier molecular flexibility index (Phi) is 9.81. The Balaban J connectivity index is 1.58. The zero-order chi connectivity index (χ0) is 28.6. The number of nitrogens with two attached hydrogens (primary N) is 1. The topological polar surface area (TPSA) is 104 Å². The summed E-state index contributed by atoms with van der Waals surface area (Å²) in [5.41, 5.74) is 8.15. The maximum Gasteiger partial charge on any atom is 0.343 e. The first kappa shape index (κ1) is 29.1. The van der Waals surface area contributed by atoms with Gasteiger partial charge in [-0.2, -0.15) is 5.26 Å². The third-order valence-corrected chi connectivity index (χ3v) is 6.86. The highest BCUT2D eigenvalue weighted by molar-refractivity contribution is 6.37. The maximum absolute atomic E-state index is 12.9. The summed E-state index contributed by atoms with van der Waals surface area (Å²) in [6.07, 6.45) is 3.95. The molecular weight excluding hydrogens is 551 g/mol. The van der Waals surface area contributed by atoms with Gasteiger partial charge in [-0.15, -0.1) is 0 Å². The Labute approximate surface area is 244 Å². The van der Waals surface area contributed by atoms with Gasteiger partial charge in [-0.1, -0.05) is 68.1 Å². The van der Waals surface area contributed by atoms with Crippen LogP contribution in [-0.4, -0.2) is 19.2 Å². The van der Waals surface area contributed by atoms with Crippen LogP contribution in [0.15, 0.2) is 66.1 Å². The number of hydrogen-bond acceptors (Lipinski definition) is 7. The van der Waals surface area contributed by atoms with E-state index < -0.39 is 11.9 Å². The predicted octanol–water partition coefficient (Wildman–Crippen LogP) is 7.79. The molecule has 1 aliphatic heterocycles. The molecule has 208 valence electrons. The van der Waals surface area contributed by atoms with Crippen molar-refractivity contribution in [2.24, 2.45) is 5.73 Å². The van der Waals surface area contributed by atoms with Crippen LogP contribution in [0.4, 0.5) is 0 Å². The number of fused-ring (bicyclic) bond motifs is 1. The number of esters is 1. The number of unbranched alkanes of at least 4 members (excludes halogenated alkanes) is 2. The van der Waals surface area contributed by atoms with E-state index in [1.807, 2.05) is 31.2 Å². The van der Waals surface area contributed by atoms with Gasteiger partial charge >= 0.3 is 5.97 Å². The molecule has 0 radical (unpaired) electrons. The van der Waals surface area contributed by atoms with E-state index in [1.54, 1.807) is 18.2 Å². The van der Waals surface area contributed by atoms with Crippen LogP contribution < -0.4 is 24.7 Å². The minimum Gasteiger partial charge on any atom is -0.494 e. The fraction of sp³-hybridized carbons (Fsp3) is 0.290. The number of allylic oxidation sites excluding steroid dienone is 1. The molecule has 2 N–H and O–H groups in total. The number of ether oxygens (including phenoxy) is 4. The molecule has 1 heterocycles. The number of nitrogens with zero attached hydrogens (tertiary/aromatic N) is 1. The first-order valence-electron chi connectivity index (χ1n) is 13.1. The summed E-state index contributed by atoms with van der Waals surface area (Å²) < 4.78 is 22.9. The summed E-state index contributed by atoms with van der Waals surface area (Å²) >= 11 is 12.6. The number of benzene rings is 3. The monoisotopic (exact) mass is 580 g/mol. The smallest absolute Gasteiger partial charge is 0.343 e. The van der Waals surface area contributed by atoms with Crippen LogP contribution in [0.3, 0.4) is 0 Å². The van der Waals surface area contributed by atoms with Gasteiger partial charge in [0.05, 0.1) is 34.7 Å². The molecule has 1 aliphatic rings. The van der Waals surface area contributed by atoms with Crippen molar-refractivity contribution >= 4 is 29.2 Å². The van der Waals surface area contributed by atoms with Gasteiger partial charge in [-0.05, 0) is 48.7 Å². The molecule has 3 aromatic carbocycles. The molecule has 0 fully saturated rings. The average molecular weight is 581 g/mol. The standard InChI is InChI=1S/C31H30Cl2N2O5/c1-3-5-6-13-37-21-9-7-8-19(14-21)28-23-11-10-22(17-27(23)40-30(35)24(28)18-34)39-31(36)20-15-25(32)29(26(33)16-20)38-12-4-2/h7-11,14-17,28H,3-6,12-13,35H2,1-2H3. The molecule has 1 atom stereocenters. The lowest BCUT2D eigenvalue weighted by Gasteiger charge is -2.27. The van der Waals surface area contributed by atoms with E-state index in [4.69, 9.17) is 47.9 Å². The van der Waals surface area contributed by atoms with Gasteiger partial charge in [0.25, 0.3) is 0 Å². The Morgan fingerprint density at radius 3 is 2.45 bits per heavy atom. The quantitative estimate of drug-likeness (QED) is 0.140. The SMILES string of the molecule is CCCCCOc1cccc(C2C(C#N)=C(N)Oc3cc(OC(=O)c4cc(Cl)c(OCCC)c(Cl)c4)ccc32)c1. The lowest BCUT2D eigenvalue weighted by Crippen LogP contribution is -2.21. The Morgan fingerprint density at radius 2 is 1.75 bits per heavy atom. The number of hydrogen-bond donors (Lipinski definition) is 1. The fourth-order valence-corrected chi connectivity index (χ4v) is 4.95. The molecule has 0 aromatic heterocycles. The second-order valence-electron chi connectivity index (χ2n) is 9.26. The van der Waals surface area contributed by atoms with Crippen molar-refractivity contribution in [3.63, 3.8) is 0 Å². The Hall–Kier alpha value is -3.86. The third kappa shape index (κ3) is 6.64. The van der Waals surface area contributed by atoms with Crippen molar-refractivity contribution in [3.8, 4) is 29.1 Å². The number of rotatable bonds is 11. The molecule has 0 amide bonds. The largest absolute Gasteiger partial charge is 0.494 e. The second kappa shape index (κ2) is 13.5. The van der Waals surface area contributed by atoms with E-state index in [-0.39, 0.29) is 32.8 Å². The first-order chi connectivity index (χ1) is 19.4. The molecule has 0 saturated heterocycles. The van der Waals surface area contributed by atoms with Crippen LogP contribution in [0, 0.1) is 11.3 Å². The minimum atomic E-state index is -0.660. The van der Waals surface area contributed by atoms with Gasteiger partial charge in [0, 0.05) is 11.6 Å². The van der Waals surface area contributed by atoms with Gasteiger partial charge < -0.3 is 24.7 Å². The van der Waals surface area contributed by atoms with E-state index in [9.17, 15) is 10.1 Å². The van der Waals surface area contributed by atoms with E-state index in [1.165, 1.54) is 12.1 Å². The number of nitriles is 1. The summed E-state index contributed by atoms with van der Waals surface area (Å²) in [6, 6.07) is 17.6. The van der Waals surface area contributed by atoms with Gasteiger partial charge in [0.1, 0.15) is 28.9 Å². The summed E-state index contributed by atoms with van der Waals surface area (Å²) in [7, 11) is 0. The minimum absolute atomic E-state index is 0.0148. The van der Waals surface area contributed by atoms with E-state index in [0.717, 1.165) is 31.2 Å². The van der Waals surface area contributed by atoms with Crippen LogP contribution in [-0.2, 0) is 0 Å². The Bertz CT molecular complexity index is 1440. The molecule has 0 bridgehead atoms. The van der Waals surface area contributed by atoms with E-state index in [2.05, 4.69) is 13.0 Å². The zero-order valence-corrected chi connectivity index (χ0v) is 23.8. The summed E-state index contributed by atoms with van der Waals surface area (Å²) in [5, 5.41) is 10.3. The lowest BCUT2D eigenvalue weighted by atomic mass is 9.83. The molecule has 9 heteroatoms. The summed E-state index contributed by atoms with van der Waals surface area (Å²) in [5.74, 6) is 0.479. The van der Waals surface area contributed by atoms with Crippen molar-refractivity contribution in [2.45, 2.75) is 45.4 Å². The molecular formula is C31H30Cl2N2O5. The Morgan fingerprint density at radius 1 is 0.975 bits per heavy atom. The molecule has 4 rings (SSSR count). The van der Waals surface area contributed by atoms with Gasteiger partial charge in [-0.25, -0.2) is 4.79 Å². The molecule has 0 saturated carbocycles. The van der Waals surface area contributed by atoms with Crippen LogP contribution in [0.2, 0.25) is 10.0 Å². The van der Waals surface area contributed by atoms with Crippen molar-refractivity contribution in [3.05, 3.63) is 92.8 Å². The third-order valence-electron chi connectivity index (χ3n) is 6.29.